The Hall–Kier alpha value is -2.17. The largest absolute Gasteiger partial charge is 0.493 e. The van der Waals surface area contributed by atoms with Crippen LogP contribution in [0.4, 0.5) is 5.95 Å². The van der Waals surface area contributed by atoms with Crippen molar-refractivity contribution >= 4 is 5.95 Å². The predicted octanol–water partition coefficient (Wildman–Crippen LogP) is 2.48. The smallest absolute Gasteiger partial charge is 0.225 e. The van der Waals surface area contributed by atoms with Gasteiger partial charge in [0.05, 0.1) is 6.61 Å². The summed E-state index contributed by atoms with van der Waals surface area (Å²) in [6.45, 7) is 4.71. The molecular weight excluding hydrogens is 264 g/mol. The van der Waals surface area contributed by atoms with Gasteiger partial charge in [0, 0.05) is 43.8 Å². The molecule has 2 aromatic rings. The lowest BCUT2D eigenvalue weighted by molar-refractivity contribution is 0.228. The Kier molecular flexibility index (Phi) is 4.28. The van der Waals surface area contributed by atoms with E-state index in [4.69, 9.17) is 4.74 Å². The van der Waals surface area contributed by atoms with Crippen LogP contribution in [-0.2, 0) is 0 Å². The van der Waals surface area contributed by atoms with Crippen molar-refractivity contribution in [3.05, 3.63) is 42.5 Å². The van der Waals surface area contributed by atoms with Gasteiger partial charge in [-0.3, -0.25) is 4.98 Å². The minimum Gasteiger partial charge on any atom is -0.493 e. The lowest BCUT2D eigenvalue weighted by Gasteiger charge is -2.32. The van der Waals surface area contributed by atoms with E-state index in [2.05, 4.69) is 19.9 Å². The normalized spacial score (nSPS) is 18.5. The Morgan fingerprint density at radius 1 is 1.24 bits per heavy atom. The molecule has 0 radical (unpaired) electrons. The van der Waals surface area contributed by atoms with Crippen LogP contribution in [0.5, 0.6) is 5.75 Å². The van der Waals surface area contributed by atoms with Crippen LogP contribution in [0.15, 0.2) is 36.9 Å². The Bertz CT molecular complexity index is 558. The van der Waals surface area contributed by atoms with Crippen LogP contribution in [0.25, 0.3) is 0 Å². The van der Waals surface area contributed by atoms with Crippen molar-refractivity contribution in [2.75, 3.05) is 24.6 Å². The average molecular weight is 284 g/mol. The molecule has 0 aromatic carbocycles. The highest BCUT2D eigenvalue weighted by atomic mass is 16.5. The molecule has 1 unspecified atom stereocenters. The highest BCUT2D eigenvalue weighted by Gasteiger charge is 2.22. The van der Waals surface area contributed by atoms with E-state index in [0.29, 0.717) is 5.92 Å². The van der Waals surface area contributed by atoms with E-state index in [1.54, 1.807) is 12.4 Å². The summed E-state index contributed by atoms with van der Waals surface area (Å²) in [6.07, 6.45) is 9.60. The first kappa shape index (κ1) is 13.8. The van der Waals surface area contributed by atoms with Gasteiger partial charge in [-0.2, -0.15) is 0 Å². The topological polar surface area (TPSA) is 51.1 Å². The van der Waals surface area contributed by atoms with Crippen LogP contribution in [0.2, 0.25) is 0 Å². The number of piperidine rings is 1. The monoisotopic (exact) mass is 284 g/mol. The van der Waals surface area contributed by atoms with Crippen molar-refractivity contribution in [1.29, 1.82) is 0 Å². The molecule has 1 fully saturated rings. The van der Waals surface area contributed by atoms with Crippen LogP contribution in [0.3, 0.4) is 0 Å². The van der Waals surface area contributed by atoms with Gasteiger partial charge in [-0.05, 0) is 37.5 Å². The lowest BCUT2D eigenvalue weighted by atomic mass is 9.99. The van der Waals surface area contributed by atoms with Gasteiger partial charge in [0.25, 0.3) is 0 Å². The first-order valence-corrected chi connectivity index (χ1v) is 7.37. The van der Waals surface area contributed by atoms with E-state index < -0.39 is 0 Å². The van der Waals surface area contributed by atoms with Gasteiger partial charge < -0.3 is 9.64 Å². The Morgan fingerprint density at radius 2 is 2.00 bits per heavy atom. The van der Waals surface area contributed by atoms with Crippen LogP contribution in [0, 0.1) is 12.8 Å². The summed E-state index contributed by atoms with van der Waals surface area (Å²) in [5, 5.41) is 0. The molecule has 0 spiro atoms. The molecule has 1 aliphatic rings. The minimum absolute atomic E-state index is 0.511. The van der Waals surface area contributed by atoms with Gasteiger partial charge in [-0.1, -0.05) is 0 Å². The van der Waals surface area contributed by atoms with E-state index in [1.165, 1.54) is 6.42 Å². The van der Waals surface area contributed by atoms with Gasteiger partial charge in [-0.25, -0.2) is 9.97 Å². The summed E-state index contributed by atoms with van der Waals surface area (Å²) >= 11 is 0. The summed E-state index contributed by atoms with van der Waals surface area (Å²) in [5.74, 6) is 2.22. The van der Waals surface area contributed by atoms with Crippen molar-refractivity contribution in [3.63, 3.8) is 0 Å². The molecule has 110 valence electrons. The third kappa shape index (κ3) is 3.68. The van der Waals surface area contributed by atoms with Gasteiger partial charge >= 0.3 is 0 Å². The zero-order valence-electron chi connectivity index (χ0n) is 12.3. The molecule has 0 N–H and O–H groups in total. The number of rotatable bonds is 4. The van der Waals surface area contributed by atoms with E-state index >= 15 is 0 Å². The number of aromatic nitrogens is 3. The molecule has 3 rings (SSSR count). The second-order valence-electron chi connectivity index (χ2n) is 5.51. The molecule has 3 heterocycles. The molecule has 2 aromatic heterocycles. The molecule has 0 saturated carbocycles. The number of hydrogen-bond acceptors (Lipinski definition) is 5. The molecule has 0 amide bonds. The van der Waals surface area contributed by atoms with Crippen LogP contribution < -0.4 is 9.64 Å². The summed E-state index contributed by atoms with van der Waals surface area (Å²) in [7, 11) is 0. The maximum atomic E-state index is 5.84. The van der Waals surface area contributed by atoms with Crippen molar-refractivity contribution in [3.8, 4) is 5.75 Å². The van der Waals surface area contributed by atoms with Gasteiger partial charge in [0.2, 0.25) is 5.95 Å². The number of hydrogen-bond donors (Lipinski definition) is 0. The van der Waals surface area contributed by atoms with E-state index in [0.717, 1.165) is 43.4 Å². The molecule has 0 aliphatic carbocycles. The Morgan fingerprint density at radius 3 is 2.76 bits per heavy atom. The fraction of sp³-hybridized carbons (Fsp3) is 0.438. The molecule has 1 saturated heterocycles. The molecule has 0 bridgehead atoms. The molecule has 1 atom stereocenters. The number of aryl methyl sites for hydroxylation is 1. The van der Waals surface area contributed by atoms with E-state index in [9.17, 15) is 0 Å². The van der Waals surface area contributed by atoms with E-state index in [1.807, 2.05) is 31.5 Å². The summed E-state index contributed by atoms with van der Waals surface area (Å²) < 4.78 is 5.84. The molecular formula is C16H20N4O. The quantitative estimate of drug-likeness (QED) is 0.863. The van der Waals surface area contributed by atoms with Crippen LogP contribution in [0.1, 0.15) is 18.4 Å². The van der Waals surface area contributed by atoms with Gasteiger partial charge in [-0.15, -0.1) is 0 Å². The van der Waals surface area contributed by atoms with Crippen LogP contribution in [-0.4, -0.2) is 34.6 Å². The predicted molar refractivity (Wildman–Crippen MR) is 81.4 cm³/mol. The number of ether oxygens (including phenoxy) is 1. The first-order valence-electron chi connectivity index (χ1n) is 7.37. The third-order valence-corrected chi connectivity index (χ3v) is 3.70. The zero-order valence-corrected chi connectivity index (χ0v) is 12.3. The molecule has 5 heteroatoms. The molecule has 21 heavy (non-hydrogen) atoms. The minimum atomic E-state index is 0.511. The maximum Gasteiger partial charge on any atom is 0.225 e. The highest BCUT2D eigenvalue weighted by molar-refractivity contribution is 5.30. The fourth-order valence-corrected chi connectivity index (χ4v) is 2.58. The SMILES string of the molecule is Cc1cnc(N2CCCC(COc3ccncc3)C2)nc1. The average Bonchev–Trinajstić information content (AvgIpc) is 2.55. The van der Waals surface area contributed by atoms with Crippen molar-refractivity contribution in [2.24, 2.45) is 5.92 Å². The second-order valence-corrected chi connectivity index (χ2v) is 5.51. The van der Waals surface area contributed by atoms with Crippen molar-refractivity contribution < 1.29 is 4.74 Å². The third-order valence-electron chi connectivity index (χ3n) is 3.70. The van der Waals surface area contributed by atoms with Crippen molar-refractivity contribution in [1.82, 2.24) is 15.0 Å². The standard InChI is InChI=1S/C16H20N4O/c1-13-9-18-16(19-10-13)20-8-2-3-14(11-20)12-21-15-4-6-17-7-5-15/h4-7,9-10,14H,2-3,8,11-12H2,1H3. The molecule has 5 nitrogen and oxygen atoms in total. The van der Waals surface area contributed by atoms with Gasteiger partial charge in [0.1, 0.15) is 5.75 Å². The Balaban J connectivity index is 1.57. The maximum absolute atomic E-state index is 5.84. The molecule has 1 aliphatic heterocycles. The number of anilines is 1. The zero-order chi connectivity index (χ0) is 14.5. The second kappa shape index (κ2) is 6.52. The summed E-state index contributed by atoms with van der Waals surface area (Å²) in [5.41, 5.74) is 1.09. The van der Waals surface area contributed by atoms with Gasteiger partial charge in [0.15, 0.2) is 0 Å². The van der Waals surface area contributed by atoms with Crippen LogP contribution >= 0.6 is 0 Å². The summed E-state index contributed by atoms with van der Waals surface area (Å²) in [4.78, 5) is 15.1. The number of nitrogens with zero attached hydrogens (tertiary/aromatic N) is 4. The van der Waals surface area contributed by atoms with Crippen molar-refractivity contribution in [2.45, 2.75) is 19.8 Å². The summed E-state index contributed by atoms with van der Waals surface area (Å²) in [6, 6.07) is 3.79. The first-order chi connectivity index (χ1) is 10.3. The lowest BCUT2D eigenvalue weighted by Crippen LogP contribution is -2.38. The highest BCUT2D eigenvalue weighted by Crippen LogP contribution is 2.21. The fourth-order valence-electron chi connectivity index (χ4n) is 2.58. The Labute approximate surface area is 125 Å². The number of pyridine rings is 1. The van der Waals surface area contributed by atoms with E-state index in [-0.39, 0.29) is 0 Å².